The van der Waals surface area contributed by atoms with Gasteiger partial charge in [0.2, 0.25) is 5.75 Å². The van der Waals surface area contributed by atoms with Crippen molar-refractivity contribution in [1.82, 2.24) is 9.55 Å². The Kier molecular flexibility index (Phi) is 4.06. The van der Waals surface area contributed by atoms with E-state index in [1.165, 1.54) is 11.7 Å². The fourth-order valence-electron chi connectivity index (χ4n) is 3.45. The maximum absolute atomic E-state index is 13.7. The number of aryl methyl sites for hydroxylation is 1. The molecule has 0 unspecified atom stereocenters. The summed E-state index contributed by atoms with van der Waals surface area (Å²) in [6.07, 6.45) is -3.79. The molecule has 1 saturated heterocycles. The Labute approximate surface area is 158 Å². The van der Waals surface area contributed by atoms with E-state index < -0.39 is 23.2 Å². The van der Waals surface area contributed by atoms with Crippen LogP contribution in [0.3, 0.4) is 0 Å². The van der Waals surface area contributed by atoms with Crippen LogP contribution >= 0.6 is 0 Å². The van der Waals surface area contributed by atoms with E-state index in [1.807, 2.05) is 18.2 Å². The molecule has 2 N–H and O–H groups in total. The fourth-order valence-corrected chi connectivity index (χ4v) is 3.45. The first-order valence-corrected chi connectivity index (χ1v) is 8.64. The van der Waals surface area contributed by atoms with Crippen molar-refractivity contribution in [2.45, 2.75) is 12.6 Å². The number of aromatic hydroxyl groups is 2. The average molecular weight is 393 g/mol. The molecule has 6 nitrogen and oxygen atoms in total. The van der Waals surface area contributed by atoms with Crippen molar-refractivity contribution in [3.05, 3.63) is 29.8 Å². The number of hydrogen-bond donors (Lipinski definition) is 2. The van der Waals surface area contributed by atoms with Crippen molar-refractivity contribution >= 4 is 16.7 Å². The van der Waals surface area contributed by atoms with Gasteiger partial charge in [-0.25, -0.2) is 4.98 Å². The molecule has 28 heavy (non-hydrogen) atoms. The number of anilines is 1. The van der Waals surface area contributed by atoms with Crippen molar-refractivity contribution in [1.29, 1.82) is 0 Å². The summed E-state index contributed by atoms with van der Waals surface area (Å²) in [6.45, 7) is 1.87. The van der Waals surface area contributed by atoms with Gasteiger partial charge in [-0.2, -0.15) is 13.2 Å². The molecule has 3 aromatic rings. The molecule has 1 aliphatic heterocycles. The first-order valence-electron chi connectivity index (χ1n) is 8.64. The van der Waals surface area contributed by atoms with E-state index in [0.29, 0.717) is 11.0 Å². The predicted octanol–water partition coefficient (Wildman–Crippen LogP) is 3.89. The lowest BCUT2D eigenvalue weighted by Crippen LogP contribution is -2.36. The second kappa shape index (κ2) is 6.22. The smallest absolute Gasteiger partial charge is 0.420 e. The molecule has 0 bridgehead atoms. The van der Waals surface area contributed by atoms with Crippen molar-refractivity contribution in [3.63, 3.8) is 0 Å². The zero-order valence-electron chi connectivity index (χ0n) is 15.2. The highest BCUT2D eigenvalue weighted by Gasteiger charge is 2.40. The van der Waals surface area contributed by atoms with E-state index in [-0.39, 0.29) is 17.1 Å². The number of phenols is 2. The zero-order valence-corrected chi connectivity index (χ0v) is 15.2. The van der Waals surface area contributed by atoms with Crippen LogP contribution in [0.25, 0.3) is 22.4 Å². The molecule has 0 radical (unpaired) electrons. The summed E-state index contributed by atoms with van der Waals surface area (Å²) in [7, 11) is 2.80. The van der Waals surface area contributed by atoms with Gasteiger partial charge in [0.25, 0.3) is 0 Å². The number of rotatable bonds is 3. The molecule has 0 amide bonds. The van der Waals surface area contributed by atoms with Crippen molar-refractivity contribution in [2.24, 2.45) is 7.05 Å². The number of aromatic nitrogens is 2. The van der Waals surface area contributed by atoms with E-state index in [0.717, 1.165) is 31.3 Å². The molecule has 9 heteroatoms. The normalized spacial score (nSPS) is 14.4. The molecule has 0 spiro atoms. The number of ether oxygens (including phenoxy) is 1. The van der Waals surface area contributed by atoms with Crippen molar-refractivity contribution in [3.8, 4) is 28.6 Å². The van der Waals surface area contributed by atoms with E-state index >= 15 is 0 Å². The minimum Gasteiger partial charge on any atom is -0.504 e. The number of fused-ring (bicyclic) bond motifs is 1. The van der Waals surface area contributed by atoms with Crippen LogP contribution < -0.4 is 9.64 Å². The third kappa shape index (κ3) is 2.69. The minimum absolute atomic E-state index is 0.0108. The minimum atomic E-state index is -4.90. The molecule has 0 saturated carbocycles. The van der Waals surface area contributed by atoms with Gasteiger partial charge in [0.15, 0.2) is 11.5 Å². The molecule has 0 atom stereocenters. The number of benzene rings is 2. The lowest BCUT2D eigenvalue weighted by atomic mass is 10.0. The summed E-state index contributed by atoms with van der Waals surface area (Å²) in [4.78, 5) is 6.55. The zero-order chi connectivity index (χ0) is 20.2. The Morgan fingerprint density at radius 2 is 1.82 bits per heavy atom. The third-order valence-corrected chi connectivity index (χ3v) is 5.07. The quantitative estimate of drug-likeness (QED) is 0.661. The van der Waals surface area contributed by atoms with E-state index in [9.17, 15) is 23.4 Å². The van der Waals surface area contributed by atoms with Crippen molar-refractivity contribution in [2.75, 3.05) is 25.1 Å². The predicted molar refractivity (Wildman–Crippen MR) is 97.9 cm³/mol. The van der Waals surface area contributed by atoms with Crippen LogP contribution in [0.5, 0.6) is 17.2 Å². The maximum Gasteiger partial charge on any atom is 0.420 e. The van der Waals surface area contributed by atoms with Gasteiger partial charge in [-0.3, -0.25) is 0 Å². The van der Waals surface area contributed by atoms with Crippen LogP contribution in [0.2, 0.25) is 0 Å². The number of halogens is 3. The Bertz CT molecular complexity index is 1070. The highest BCUT2D eigenvalue weighted by molar-refractivity contribution is 5.85. The topological polar surface area (TPSA) is 70.8 Å². The van der Waals surface area contributed by atoms with Gasteiger partial charge in [0.1, 0.15) is 11.4 Å². The molecule has 1 fully saturated rings. The maximum atomic E-state index is 13.7. The molecule has 1 aromatic heterocycles. The standard InChI is InChI=1S/C19H18F3N3O3/c1-24-13-5-4-10(25-6-3-7-25)8-12(13)23-18(24)11-9-14(28-2)16(26)17(27)15(11)19(20,21)22/h4-5,8-9,26-27H,3,6-7H2,1-2H3. The Morgan fingerprint density at radius 3 is 2.39 bits per heavy atom. The van der Waals surface area contributed by atoms with Gasteiger partial charge in [-0.15, -0.1) is 0 Å². The second-order valence-electron chi connectivity index (χ2n) is 6.70. The molecule has 148 valence electrons. The van der Waals surface area contributed by atoms with Gasteiger partial charge in [0.05, 0.1) is 18.1 Å². The summed E-state index contributed by atoms with van der Waals surface area (Å²) in [5.41, 5.74) is 0.432. The van der Waals surface area contributed by atoms with Crippen LogP contribution in [0.1, 0.15) is 12.0 Å². The van der Waals surface area contributed by atoms with Crippen LogP contribution in [0.15, 0.2) is 24.3 Å². The van der Waals surface area contributed by atoms with Gasteiger partial charge >= 0.3 is 6.18 Å². The van der Waals surface area contributed by atoms with E-state index in [1.54, 1.807) is 7.05 Å². The first-order chi connectivity index (χ1) is 13.2. The highest BCUT2D eigenvalue weighted by atomic mass is 19.4. The van der Waals surface area contributed by atoms with Gasteiger partial charge in [-0.05, 0) is 30.7 Å². The van der Waals surface area contributed by atoms with E-state index in [4.69, 9.17) is 4.74 Å². The molecule has 1 aliphatic rings. The monoisotopic (exact) mass is 393 g/mol. The lowest BCUT2D eigenvalue weighted by Gasteiger charge is -2.33. The van der Waals surface area contributed by atoms with Crippen LogP contribution in [-0.2, 0) is 13.2 Å². The summed E-state index contributed by atoms with van der Waals surface area (Å²) < 4.78 is 47.4. The number of alkyl halides is 3. The van der Waals surface area contributed by atoms with E-state index in [2.05, 4.69) is 9.88 Å². The Hall–Kier alpha value is -3.10. The summed E-state index contributed by atoms with van der Waals surface area (Å²) >= 11 is 0. The van der Waals surface area contributed by atoms with Gasteiger partial charge in [0, 0.05) is 31.4 Å². The number of phenolic OH excluding ortho intramolecular Hbond substituents is 2. The highest BCUT2D eigenvalue weighted by Crippen LogP contribution is 2.50. The molecule has 4 rings (SSSR count). The lowest BCUT2D eigenvalue weighted by molar-refractivity contribution is -0.138. The summed E-state index contributed by atoms with van der Waals surface area (Å²) in [6, 6.07) is 6.59. The van der Waals surface area contributed by atoms with Crippen LogP contribution in [0.4, 0.5) is 18.9 Å². The number of imidazole rings is 1. The largest absolute Gasteiger partial charge is 0.504 e. The number of methoxy groups -OCH3 is 1. The van der Waals surface area contributed by atoms with Crippen molar-refractivity contribution < 1.29 is 28.1 Å². The van der Waals surface area contributed by atoms with Gasteiger partial charge < -0.3 is 24.4 Å². The van der Waals surface area contributed by atoms with Crippen LogP contribution in [-0.4, -0.2) is 40.0 Å². The number of hydrogen-bond acceptors (Lipinski definition) is 5. The average Bonchev–Trinajstić information content (AvgIpc) is 2.90. The number of nitrogens with zero attached hydrogens (tertiary/aromatic N) is 3. The van der Waals surface area contributed by atoms with Gasteiger partial charge in [-0.1, -0.05) is 0 Å². The molecule has 2 aromatic carbocycles. The molecular formula is C19H18F3N3O3. The molecular weight excluding hydrogens is 375 g/mol. The summed E-state index contributed by atoms with van der Waals surface area (Å²) in [5.74, 6) is -2.50. The SMILES string of the molecule is COc1cc(-c2nc3cc(N4CCC4)ccc3n2C)c(C(F)(F)F)c(O)c1O. The molecule has 2 heterocycles. The fraction of sp³-hybridized carbons (Fsp3) is 0.316. The summed E-state index contributed by atoms with van der Waals surface area (Å²) in [5, 5.41) is 19.9. The Morgan fingerprint density at radius 1 is 1.11 bits per heavy atom. The Balaban J connectivity index is 1.96. The molecule has 0 aliphatic carbocycles. The first kappa shape index (κ1) is 18.3. The third-order valence-electron chi connectivity index (χ3n) is 5.07. The second-order valence-corrected chi connectivity index (χ2v) is 6.70. The van der Waals surface area contributed by atoms with Crippen LogP contribution in [0, 0.1) is 0 Å².